The van der Waals surface area contributed by atoms with Gasteiger partial charge in [0.1, 0.15) is 11.6 Å². The van der Waals surface area contributed by atoms with Crippen LogP contribution in [0, 0.1) is 0 Å². The van der Waals surface area contributed by atoms with Gasteiger partial charge in [-0.3, -0.25) is 9.55 Å². The molecule has 0 aliphatic carbocycles. The summed E-state index contributed by atoms with van der Waals surface area (Å²) in [6.07, 6.45) is 0. The monoisotopic (exact) mass is 436 g/mol. The van der Waals surface area contributed by atoms with E-state index in [1.54, 1.807) is 14.2 Å². The lowest BCUT2D eigenvalue weighted by Gasteiger charge is -2.17. The van der Waals surface area contributed by atoms with Gasteiger partial charge < -0.3 is 4.74 Å². The van der Waals surface area contributed by atoms with E-state index in [9.17, 15) is 4.79 Å². The third-order valence-corrected chi connectivity index (χ3v) is 5.88. The first-order valence-electron chi connectivity index (χ1n) is 9.92. The Balaban J connectivity index is 1.80. The summed E-state index contributed by atoms with van der Waals surface area (Å²) < 4.78 is 8.65. The largest absolute Gasteiger partial charge is 0.497 e. The number of nitrogens with one attached hydrogen (secondary N) is 1. The van der Waals surface area contributed by atoms with Crippen molar-refractivity contribution in [2.24, 2.45) is 7.05 Å². The number of H-pyrrole nitrogens is 1. The number of hydrogen-bond acceptors (Lipinski definition) is 6. The van der Waals surface area contributed by atoms with Gasteiger partial charge in [-0.25, -0.2) is 9.48 Å². The van der Waals surface area contributed by atoms with Crippen molar-refractivity contribution < 1.29 is 4.74 Å². The highest BCUT2D eigenvalue weighted by Crippen LogP contribution is 2.33. The highest BCUT2D eigenvalue weighted by atomic mass is 32.2. The van der Waals surface area contributed by atoms with Crippen LogP contribution in [0.4, 0.5) is 0 Å². The molecule has 1 N–H and O–H groups in total. The first-order valence-corrected chi connectivity index (χ1v) is 10.9. The maximum absolute atomic E-state index is 11.7. The molecule has 0 spiro atoms. The lowest BCUT2D eigenvalue weighted by Crippen LogP contribution is -2.13. The normalized spacial score (nSPS) is 11.3. The predicted molar refractivity (Wildman–Crippen MR) is 121 cm³/mol. The van der Waals surface area contributed by atoms with Crippen LogP contribution in [0.5, 0.6) is 5.75 Å². The molecule has 0 aliphatic heterocycles. The van der Waals surface area contributed by atoms with E-state index < -0.39 is 0 Å². The topological polar surface area (TPSA) is 90.6 Å². The SMILES string of the molecule is COc1ccc(-c2nnc(SCc3nn(C)c(=O)[nH]3)n2-c2ccccc2C(C)C)cc1. The fourth-order valence-corrected chi connectivity index (χ4v) is 4.15. The maximum Gasteiger partial charge on any atom is 0.343 e. The predicted octanol–water partition coefficient (Wildman–Crippen LogP) is 3.78. The standard InChI is InChI=1S/C22H24N6O2S/c1-14(2)17-7-5-6-8-18(17)28-20(15-9-11-16(30-4)12-10-15)24-25-22(28)31-13-19-23-21(29)27(3)26-19/h5-12,14H,13H2,1-4H3,(H,23,26,29). The molecule has 2 aromatic heterocycles. The van der Waals surface area contributed by atoms with Crippen molar-refractivity contribution in [2.45, 2.75) is 30.7 Å². The summed E-state index contributed by atoms with van der Waals surface area (Å²) in [5, 5.41) is 13.9. The number of thioether (sulfide) groups is 1. The van der Waals surface area contributed by atoms with Crippen molar-refractivity contribution in [3.05, 3.63) is 70.4 Å². The van der Waals surface area contributed by atoms with Crippen molar-refractivity contribution >= 4 is 11.8 Å². The summed E-state index contributed by atoms with van der Waals surface area (Å²) in [6, 6.07) is 16.0. The Labute approximate surface area is 184 Å². The third kappa shape index (κ3) is 4.27. The first kappa shape index (κ1) is 20.9. The molecule has 31 heavy (non-hydrogen) atoms. The Morgan fingerprint density at radius 1 is 1.10 bits per heavy atom. The summed E-state index contributed by atoms with van der Waals surface area (Å²) in [4.78, 5) is 14.5. The zero-order chi connectivity index (χ0) is 22.0. The van der Waals surface area contributed by atoms with Crippen LogP contribution in [0.1, 0.15) is 31.2 Å². The number of aromatic amines is 1. The van der Waals surface area contributed by atoms with E-state index in [1.165, 1.54) is 22.0 Å². The molecule has 0 bridgehead atoms. The molecule has 0 unspecified atom stereocenters. The number of nitrogens with zero attached hydrogens (tertiary/aromatic N) is 5. The zero-order valence-electron chi connectivity index (χ0n) is 17.9. The Morgan fingerprint density at radius 2 is 1.84 bits per heavy atom. The van der Waals surface area contributed by atoms with Crippen molar-refractivity contribution in [3.63, 3.8) is 0 Å². The van der Waals surface area contributed by atoms with Crippen LogP contribution >= 0.6 is 11.8 Å². The van der Waals surface area contributed by atoms with Crippen LogP contribution in [-0.2, 0) is 12.8 Å². The second kappa shape index (κ2) is 8.81. The van der Waals surface area contributed by atoms with Gasteiger partial charge in [-0.2, -0.15) is 5.10 Å². The molecule has 0 fully saturated rings. The van der Waals surface area contributed by atoms with E-state index in [0.29, 0.717) is 17.5 Å². The lowest BCUT2D eigenvalue weighted by molar-refractivity contribution is 0.415. The number of rotatable bonds is 7. The Kier molecular flexibility index (Phi) is 5.94. The second-order valence-corrected chi connectivity index (χ2v) is 8.32. The van der Waals surface area contributed by atoms with Crippen molar-refractivity contribution in [2.75, 3.05) is 7.11 Å². The molecule has 0 saturated carbocycles. The number of methoxy groups -OCH3 is 1. The molecule has 8 nitrogen and oxygen atoms in total. The van der Waals surface area contributed by atoms with Crippen LogP contribution < -0.4 is 10.4 Å². The molecule has 9 heteroatoms. The summed E-state index contributed by atoms with van der Waals surface area (Å²) >= 11 is 1.48. The molecule has 0 amide bonds. The first-order chi connectivity index (χ1) is 15.0. The molecular weight excluding hydrogens is 412 g/mol. The van der Waals surface area contributed by atoms with Gasteiger partial charge in [-0.15, -0.1) is 10.2 Å². The lowest BCUT2D eigenvalue weighted by atomic mass is 10.0. The van der Waals surface area contributed by atoms with Crippen molar-refractivity contribution in [1.29, 1.82) is 0 Å². The van der Waals surface area contributed by atoms with Gasteiger partial charge >= 0.3 is 5.69 Å². The number of aromatic nitrogens is 6. The summed E-state index contributed by atoms with van der Waals surface area (Å²) in [6.45, 7) is 4.34. The van der Waals surface area contributed by atoms with Gasteiger partial charge in [0.05, 0.1) is 18.6 Å². The smallest absolute Gasteiger partial charge is 0.343 e. The van der Waals surface area contributed by atoms with Crippen LogP contribution in [-0.4, -0.2) is 36.6 Å². The van der Waals surface area contributed by atoms with Crippen LogP contribution in [0.2, 0.25) is 0 Å². The fraction of sp³-hybridized carbons (Fsp3) is 0.273. The quantitative estimate of drug-likeness (QED) is 0.444. The highest BCUT2D eigenvalue weighted by molar-refractivity contribution is 7.98. The zero-order valence-corrected chi connectivity index (χ0v) is 18.7. The second-order valence-electron chi connectivity index (χ2n) is 7.37. The minimum absolute atomic E-state index is 0.235. The number of ether oxygens (including phenoxy) is 1. The van der Waals surface area contributed by atoms with Crippen LogP contribution in [0.15, 0.2) is 58.5 Å². The van der Waals surface area contributed by atoms with Crippen LogP contribution in [0.3, 0.4) is 0 Å². The summed E-state index contributed by atoms with van der Waals surface area (Å²) in [5.74, 6) is 2.92. The minimum Gasteiger partial charge on any atom is -0.497 e. The summed E-state index contributed by atoms with van der Waals surface area (Å²) in [5.41, 5.74) is 2.93. The molecular formula is C22H24N6O2S. The Morgan fingerprint density at radius 3 is 2.48 bits per heavy atom. The van der Waals surface area contributed by atoms with Gasteiger partial charge in [-0.05, 0) is 41.8 Å². The van der Waals surface area contributed by atoms with Gasteiger partial charge in [0.15, 0.2) is 11.0 Å². The Bertz CT molecular complexity index is 1240. The van der Waals surface area contributed by atoms with E-state index in [1.807, 2.05) is 36.4 Å². The van der Waals surface area contributed by atoms with Crippen LogP contribution in [0.25, 0.3) is 17.1 Å². The number of benzene rings is 2. The van der Waals surface area contributed by atoms with E-state index in [4.69, 9.17) is 4.74 Å². The fourth-order valence-electron chi connectivity index (χ4n) is 3.34. The molecule has 160 valence electrons. The van der Waals surface area contributed by atoms with Gasteiger partial charge in [0.25, 0.3) is 0 Å². The third-order valence-electron chi connectivity index (χ3n) is 4.94. The Hall–Kier alpha value is -3.33. The molecule has 4 aromatic rings. The molecule has 4 rings (SSSR count). The molecule has 0 saturated heterocycles. The molecule has 2 heterocycles. The maximum atomic E-state index is 11.7. The van der Waals surface area contributed by atoms with E-state index in [2.05, 4.69) is 50.8 Å². The minimum atomic E-state index is -0.235. The average Bonchev–Trinajstić information content (AvgIpc) is 3.34. The number of hydrogen-bond donors (Lipinski definition) is 1. The molecule has 0 aliphatic rings. The molecule has 0 radical (unpaired) electrons. The number of aryl methyl sites for hydroxylation is 1. The van der Waals surface area contributed by atoms with E-state index >= 15 is 0 Å². The summed E-state index contributed by atoms with van der Waals surface area (Å²) in [7, 11) is 3.27. The molecule has 2 aromatic carbocycles. The van der Waals surface area contributed by atoms with Gasteiger partial charge in [-0.1, -0.05) is 43.8 Å². The number of para-hydroxylation sites is 1. The van der Waals surface area contributed by atoms with E-state index in [0.717, 1.165) is 28.0 Å². The average molecular weight is 437 g/mol. The highest BCUT2D eigenvalue weighted by Gasteiger charge is 2.20. The van der Waals surface area contributed by atoms with E-state index in [-0.39, 0.29) is 5.69 Å². The molecule has 0 atom stereocenters. The van der Waals surface area contributed by atoms with Crippen molar-refractivity contribution in [3.8, 4) is 22.8 Å². The van der Waals surface area contributed by atoms with Gasteiger partial charge in [0.2, 0.25) is 0 Å². The van der Waals surface area contributed by atoms with Crippen molar-refractivity contribution in [1.82, 2.24) is 29.5 Å². The van der Waals surface area contributed by atoms with Gasteiger partial charge in [0, 0.05) is 12.6 Å².